The minimum atomic E-state index is 0.311. The van der Waals surface area contributed by atoms with Crippen molar-refractivity contribution in [1.82, 2.24) is 14.4 Å². The third-order valence-electron chi connectivity index (χ3n) is 1.30. The summed E-state index contributed by atoms with van der Waals surface area (Å²) in [6, 6.07) is 3.77. The second kappa shape index (κ2) is 1.70. The van der Waals surface area contributed by atoms with E-state index in [-0.39, 0.29) is 0 Å². The number of aromatic nitrogens is 3. The summed E-state index contributed by atoms with van der Waals surface area (Å²) in [5.41, 5.74) is 6.17. The molecule has 4 nitrogen and oxygen atoms in total. The van der Waals surface area contributed by atoms with E-state index in [1.165, 1.54) is 0 Å². The number of hydrogen-bond donors (Lipinski definition) is 1. The van der Waals surface area contributed by atoms with Crippen molar-refractivity contribution in [3.8, 4) is 0 Å². The van der Waals surface area contributed by atoms with Crippen LogP contribution in [-0.4, -0.2) is 14.4 Å². The van der Waals surface area contributed by atoms with Crippen LogP contribution in [0.4, 0.5) is 5.95 Å². The van der Waals surface area contributed by atoms with Gasteiger partial charge in [-0.1, -0.05) is 0 Å². The zero-order chi connectivity index (χ0) is 6.97. The Kier molecular flexibility index (Phi) is 0.887. The average Bonchev–Trinajstić information content (AvgIpc) is 2.33. The maximum atomic E-state index is 5.35. The zero-order valence-corrected chi connectivity index (χ0v) is 5.23. The van der Waals surface area contributed by atoms with E-state index in [2.05, 4.69) is 9.97 Å². The topological polar surface area (TPSA) is 56.2 Å². The molecule has 0 amide bonds. The molecule has 0 saturated heterocycles. The van der Waals surface area contributed by atoms with Gasteiger partial charge in [-0.2, -0.15) is 4.98 Å². The first kappa shape index (κ1) is 5.22. The minimum Gasteiger partial charge on any atom is -0.368 e. The highest BCUT2D eigenvalue weighted by Gasteiger charge is 1.91. The molecule has 0 spiro atoms. The molecule has 2 aromatic rings. The number of anilines is 1. The molecule has 2 heterocycles. The lowest BCUT2D eigenvalue weighted by molar-refractivity contribution is 1.04. The van der Waals surface area contributed by atoms with Gasteiger partial charge >= 0.3 is 0 Å². The molecule has 0 bridgehead atoms. The molecule has 0 fully saturated rings. The van der Waals surface area contributed by atoms with E-state index in [0.29, 0.717) is 5.95 Å². The van der Waals surface area contributed by atoms with E-state index < -0.39 is 0 Å². The maximum Gasteiger partial charge on any atom is 0.223 e. The van der Waals surface area contributed by atoms with Crippen molar-refractivity contribution >= 4 is 11.6 Å². The van der Waals surface area contributed by atoms with Crippen molar-refractivity contribution in [2.75, 3.05) is 5.73 Å². The molecule has 4 heteroatoms. The molecule has 50 valence electrons. The van der Waals surface area contributed by atoms with Gasteiger partial charge in [0.25, 0.3) is 0 Å². The molecule has 0 radical (unpaired) electrons. The monoisotopic (exact) mass is 134 g/mol. The average molecular weight is 134 g/mol. The standard InChI is InChI=1S/C6H6N4/c7-6-8-4-10-3-1-2-5(10)9-6/h1-4H,(H2,7,9). The van der Waals surface area contributed by atoms with Crippen LogP contribution in [0, 0.1) is 0 Å². The van der Waals surface area contributed by atoms with Crippen molar-refractivity contribution in [1.29, 1.82) is 0 Å². The smallest absolute Gasteiger partial charge is 0.223 e. The van der Waals surface area contributed by atoms with Crippen LogP contribution in [0.5, 0.6) is 0 Å². The SMILES string of the molecule is Nc1ncn2cccc2n1. The van der Waals surface area contributed by atoms with E-state index in [1.54, 1.807) is 10.7 Å². The van der Waals surface area contributed by atoms with Gasteiger partial charge in [-0.25, -0.2) is 4.98 Å². The van der Waals surface area contributed by atoms with Crippen LogP contribution in [0.15, 0.2) is 24.7 Å². The first-order valence-electron chi connectivity index (χ1n) is 2.91. The third kappa shape index (κ3) is 0.621. The number of nitrogen functional groups attached to an aromatic ring is 1. The van der Waals surface area contributed by atoms with Gasteiger partial charge in [0.15, 0.2) is 0 Å². The molecule has 0 atom stereocenters. The molecule has 10 heavy (non-hydrogen) atoms. The minimum absolute atomic E-state index is 0.311. The van der Waals surface area contributed by atoms with Crippen LogP contribution in [0.2, 0.25) is 0 Å². The fraction of sp³-hybridized carbons (Fsp3) is 0. The highest BCUT2D eigenvalue weighted by atomic mass is 15.1. The molecule has 0 unspecified atom stereocenters. The van der Waals surface area contributed by atoms with Crippen molar-refractivity contribution in [3.05, 3.63) is 24.7 Å². The number of nitrogens with zero attached hydrogens (tertiary/aromatic N) is 3. The quantitative estimate of drug-likeness (QED) is 0.564. The number of fused-ring (bicyclic) bond motifs is 1. The first-order valence-corrected chi connectivity index (χ1v) is 2.91. The first-order chi connectivity index (χ1) is 4.86. The Morgan fingerprint density at radius 2 is 2.40 bits per heavy atom. The van der Waals surface area contributed by atoms with Gasteiger partial charge in [0.1, 0.15) is 12.0 Å². The van der Waals surface area contributed by atoms with E-state index >= 15 is 0 Å². The molecular formula is C6H6N4. The fourth-order valence-corrected chi connectivity index (χ4v) is 0.844. The maximum absolute atomic E-state index is 5.35. The Balaban J connectivity index is 2.86. The number of hydrogen-bond acceptors (Lipinski definition) is 3. The van der Waals surface area contributed by atoms with Gasteiger partial charge in [-0.05, 0) is 12.1 Å². The number of nitrogens with two attached hydrogens (primary N) is 1. The second-order valence-electron chi connectivity index (χ2n) is 1.99. The third-order valence-corrected chi connectivity index (χ3v) is 1.30. The van der Waals surface area contributed by atoms with E-state index in [4.69, 9.17) is 5.73 Å². The van der Waals surface area contributed by atoms with E-state index in [0.717, 1.165) is 5.65 Å². The molecule has 2 rings (SSSR count). The molecule has 2 aromatic heterocycles. The van der Waals surface area contributed by atoms with Crippen LogP contribution in [0.3, 0.4) is 0 Å². The summed E-state index contributed by atoms with van der Waals surface area (Å²) >= 11 is 0. The summed E-state index contributed by atoms with van der Waals surface area (Å²) < 4.78 is 1.80. The predicted molar refractivity (Wildman–Crippen MR) is 37.4 cm³/mol. The largest absolute Gasteiger partial charge is 0.368 e. The van der Waals surface area contributed by atoms with Gasteiger partial charge in [0, 0.05) is 6.20 Å². The second-order valence-corrected chi connectivity index (χ2v) is 1.99. The Labute approximate surface area is 57.3 Å². The van der Waals surface area contributed by atoms with Crippen LogP contribution < -0.4 is 5.73 Å². The van der Waals surface area contributed by atoms with Crippen molar-refractivity contribution in [2.45, 2.75) is 0 Å². The summed E-state index contributed by atoms with van der Waals surface area (Å²) in [6.45, 7) is 0. The Morgan fingerprint density at radius 1 is 1.50 bits per heavy atom. The van der Waals surface area contributed by atoms with Crippen LogP contribution in [0.1, 0.15) is 0 Å². The molecular weight excluding hydrogens is 128 g/mol. The van der Waals surface area contributed by atoms with Crippen LogP contribution in [0.25, 0.3) is 5.65 Å². The van der Waals surface area contributed by atoms with Gasteiger partial charge in [0.05, 0.1) is 0 Å². The summed E-state index contributed by atoms with van der Waals surface area (Å²) in [6.07, 6.45) is 3.51. The van der Waals surface area contributed by atoms with Crippen LogP contribution >= 0.6 is 0 Å². The zero-order valence-electron chi connectivity index (χ0n) is 5.23. The number of rotatable bonds is 0. The molecule has 0 saturated carbocycles. The highest BCUT2D eigenvalue weighted by molar-refractivity contribution is 5.40. The van der Waals surface area contributed by atoms with Gasteiger partial charge < -0.3 is 5.73 Å². The lowest BCUT2D eigenvalue weighted by Crippen LogP contribution is -1.96. The summed E-state index contributed by atoms with van der Waals surface area (Å²) in [5, 5.41) is 0. The molecule has 0 aromatic carbocycles. The van der Waals surface area contributed by atoms with Gasteiger partial charge in [-0.3, -0.25) is 4.40 Å². The Morgan fingerprint density at radius 3 is 3.30 bits per heavy atom. The summed E-state index contributed by atoms with van der Waals surface area (Å²) in [4.78, 5) is 7.77. The molecule has 0 aliphatic rings. The highest BCUT2D eigenvalue weighted by Crippen LogP contribution is 1.99. The summed E-state index contributed by atoms with van der Waals surface area (Å²) in [7, 11) is 0. The molecule has 0 aliphatic heterocycles. The fourth-order valence-electron chi connectivity index (χ4n) is 0.844. The van der Waals surface area contributed by atoms with Crippen molar-refractivity contribution in [2.24, 2.45) is 0 Å². The van der Waals surface area contributed by atoms with Gasteiger partial charge in [0.2, 0.25) is 5.95 Å². The lowest BCUT2D eigenvalue weighted by atomic mass is 10.6. The molecule has 0 aliphatic carbocycles. The van der Waals surface area contributed by atoms with E-state index in [9.17, 15) is 0 Å². The Hall–Kier alpha value is -1.58. The molecule has 2 N–H and O–H groups in total. The summed E-state index contributed by atoms with van der Waals surface area (Å²) in [5.74, 6) is 0.311. The van der Waals surface area contributed by atoms with Crippen molar-refractivity contribution < 1.29 is 0 Å². The normalized spacial score (nSPS) is 10.4. The lowest BCUT2D eigenvalue weighted by Gasteiger charge is -1.92. The van der Waals surface area contributed by atoms with Gasteiger partial charge in [-0.15, -0.1) is 0 Å². The predicted octanol–water partition coefficient (Wildman–Crippen LogP) is 0.311. The Bertz CT molecular complexity index is 351. The van der Waals surface area contributed by atoms with E-state index in [1.807, 2.05) is 18.3 Å². The van der Waals surface area contributed by atoms with Crippen molar-refractivity contribution in [3.63, 3.8) is 0 Å². The van der Waals surface area contributed by atoms with Crippen LogP contribution in [-0.2, 0) is 0 Å².